The van der Waals surface area contributed by atoms with E-state index in [1.54, 1.807) is 0 Å². The molecule has 0 amide bonds. The maximum atomic E-state index is 6.29. The van der Waals surface area contributed by atoms with Crippen molar-refractivity contribution < 1.29 is 4.74 Å². The molecule has 5 heteroatoms. The fourth-order valence-electron chi connectivity index (χ4n) is 2.28. The Bertz CT molecular complexity index is 578. The van der Waals surface area contributed by atoms with E-state index in [4.69, 9.17) is 27.9 Å². The first-order valence-corrected chi connectivity index (χ1v) is 7.23. The van der Waals surface area contributed by atoms with Gasteiger partial charge in [0, 0.05) is 6.61 Å². The summed E-state index contributed by atoms with van der Waals surface area (Å²) in [6.07, 6.45) is 0. The fraction of sp³-hybridized carbons (Fsp3) is 0.500. The van der Waals surface area contributed by atoms with Crippen molar-refractivity contribution in [1.82, 2.24) is 9.55 Å². The second-order valence-corrected chi connectivity index (χ2v) is 5.72. The number of nitrogens with zero attached hydrogens (tertiary/aromatic N) is 2. The number of ether oxygens (including phenoxy) is 1. The molecule has 0 saturated carbocycles. The van der Waals surface area contributed by atoms with Gasteiger partial charge in [0.05, 0.1) is 34.1 Å². The van der Waals surface area contributed by atoms with Crippen LogP contribution in [0.5, 0.6) is 0 Å². The Kier molecular flexibility index (Phi) is 4.39. The third kappa shape index (κ3) is 3.04. The van der Waals surface area contributed by atoms with E-state index in [2.05, 4.69) is 23.4 Å². The first kappa shape index (κ1) is 14.6. The average Bonchev–Trinajstić information content (AvgIpc) is 2.68. The van der Waals surface area contributed by atoms with Gasteiger partial charge in [-0.25, -0.2) is 4.98 Å². The molecule has 0 N–H and O–H groups in total. The van der Waals surface area contributed by atoms with Crippen LogP contribution in [0.4, 0.5) is 0 Å². The lowest BCUT2D eigenvalue weighted by Gasteiger charge is -2.26. The zero-order chi connectivity index (χ0) is 14.0. The maximum Gasteiger partial charge on any atom is 0.124 e. The van der Waals surface area contributed by atoms with Gasteiger partial charge in [-0.15, -0.1) is 11.6 Å². The predicted molar refractivity (Wildman–Crippen MR) is 80.0 cm³/mol. The van der Waals surface area contributed by atoms with Gasteiger partial charge in [0.25, 0.3) is 0 Å². The highest BCUT2D eigenvalue weighted by Gasteiger charge is 2.22. The van der Waals surface area contributed by atoms with E-state index in [9.17, 15) is 0 Å². The molecule has 1 aromatic heterocycles. The largest absolute Gasteiger partial charge is 0.374 e. The summed E-state index contributed by atoms with van der Waals surface area (Å²) < 4.78 is 7.81. The molecule has 0 saturated heterocycles. The zero-order valence-electron chi connectivity index (χ0n) is 11.4. The van der Waals surface area contributed by atoms with E-state index < -0.39 is 0 Å². The number of benzene rings is 1. The number of alkyl halides is 1. The first-order chi connectivity index (χ1) is 8.98. The summed E-state index contributed by atoms with van der Waals surface area (Å²) in [7, 11) is 0. The molecule has 2 rings (SSSR count). The van der Waals surface area contributed by atoms with Crippen LogP contribution < -0.4 is 0 Å². The van der Waals surface area contributed by atoms with Gasteiger partial charge in [-0.1, -0.05) is 17.7 Å². The van der Waals surface area contributed by atoms with E-state index in [0.29, 0.717) is 24.1 Å². The second-order valence-electron chi connectivity index (χ2n) is 5.05. The van der Waals surface area contributed by atoms with Crippen LogP contribution in [-0.2, 0) is 17.2 Å². The van der Waals surface area contributed by atoms with Crippen LogP contribution in [-0.4, -0.2) is 21.8 Å². The molecule has 0 bridgehead atoms. The topological polar surface area (TPSA) is 27.1 Å². The highest BCUT2D eigenvalue weighted by atomic mass is 35.5. The Labute approximate surface area is 123 Å². The minimum atomic E-state index is -0.289. The number of halogens is 2. The number of hydrogen-bond donors (Lipinski definition) is 0. The van der Waals surface area contributed by atoms with Crippen LogP contribution in [0.25, 0.3) is 11.0 Å². The standard InChI is InChI=1S/C14H18Cl2N2O/c1-4-19-14(2,3)9-18-12(8-15)17-11-7-5-6-10(16)13(11)18/h5-7H,4,8-9H2,1-3H3. The second kappa shape index (κ2) is 5.70. The zero-order valence-corrected chi connectivity index (χ0v) is 12.9. The molecule has 0 aliphatic carbocycles. The SMILES string of the molecule is CCOC(C)(C)Cn1c(CCl)nc2cccc(Cl)c21. The summed E-state index contributed by atoms with van der Waals surface area (Å²) in [5.74, 6) is 1.17. The molecular weight excluding hydrogens is 283 g/mol. The Hall–Kier alpha value is -0.770. The van der Waals surface area contributed by atoms with Crippen LogP contribution in [0, 0.1) is 0 Å². The van der Waals surface area contributed by atoms with Crippen molar-refractivity contribution in [3.05, 3.63) is 29.0 Å². The number of aromatic nitrogens is 2. The lowest BCUT2D eigenvalue weighted by atomic mass is 10.1. The monoisotopic (exact) mass is 300 g/mol. The molecule has 1 heterocycles. The Morgan fingerprint density at radius 2 is 2.11 bits per heavy atom. The van der Waals surface area contributed by atoms with Crippen molar-refractivity contribution in [3.8, 4) is 0 Å². The summed E-state index contributed by atoms with van der Waals surface area (Å²) in [4.78, 5) is 4.53. The molecule has 0 radical (unpaired) electrons. The molecule has 19 heavy (non-hydrogen) atoms. The molecule has 104 valence electrons. The highest BCUT2D eigenvalue weighted by molar-refractivity contribution is 6.35. The van der Waals surface area contributed by atoms with Crippen LogP contribution in [0.3, 0.4) is 0 Å². The summed E-state index contributed by atoms with van der Waals surface area (Å²) >= 11 is 12.3. The lowest BCUT2D eigenvalue weighted by Crippen LogP contribution is -2.31. The molecule has 0 atom stereocenters. The molecule has 0 fully saturated rings. The Balaban J connectivity index is 2.51. The quantitative estimate of drug-likeness (QED) is 0.772. The van der Waals surface area contributed by atoms with Crippen molar-refractivity contribution in [2.45, 2.75) is 38.8 Å². The van der Waals surface area contributed by atoms with Crippen LogP contribution in [0.2, 0.25) is 5.02 Å². The van der Waals surface area contributed by atoms with E-state index in [-0.39, 0.29) is 5.60 Å². The highest BCUT2D eigenvalue weighted by Crippen LogP contribution is 2.27. The molecule has 1 aromatic carbocycles. The van der Waals surface area contributed by atoms with E-state index in [1.165, 1.54) is 0 Å². The van der Waals surface area contributed by atoms with Gasteiger partial charge >= 0.3 is 0 Å². The minimum absolute atomic E-state index is 0.289. The van der Waals surface area contributed by atoms with Gasteiger partial charge in [-0.05, 0) is 32.9 Å². The lowest BCUT2D eigenvalue weighted by molar-refractivity contribution is -0.0220. The van der Waals surface area contributed by atoms with Crippen LogP contribution >= 0.6 is 23.2 Å². The number of hydrogen-bond acceptors (Lipinski definition) is 2. The number of imidazole rings is 1. The molecule has 0 aliphatic heterocycles. The van der Waals surface area contributed by atoms with Gasteiger partial charge < -0.3 is 9.30 Å². The van der Waals surface area contributed by atoms with E-state index in [0.717, 1.165) is 16.9 Å². The minimum Gasteiger partial charge on any atom is -0.374 e. The third-order valence-corrected chi connectivity index (χ3v) is 3.53. The number of rotatable bonds is 5. The summed E-state index contributed by atoms with van der Waals surface area (Å²) in [6.45, 7) is 7.43. The van der Waals surface area contributed by atoms with Gasteiger partial charge in [-0.2, -0.15) is 0 Å². The molecule has 2 aromatic rings. The summed E-state index contributed by atoms with van der Waals surface area (Å²) in [6, 6.07) is 5.71. The van der Waals surface area contributed by atoms with Gasteiger partial charge in [0.15, 0.2) is 0 Å². The Morgan fingerprint density at radius 1 is 1.37 bits per heavy atom. The van der Waals surface area contributed by atoms with Gasteiger partial charge in [0.2, 0.25) is 0 Å². The van der Waals surface area contributed by atoms with Gasteiger partial charge in [-0.3, -0.25) is 0 Å². The molecule has 0 spiro atoms. The van der Waals surface area contributed by atoms with Crippen molar-refractivity contribution in [2.75, 3.05) is 6.61 Å². The van der Waals surface area contributed by atoms with Crippen molar-refractivity contribution in [2.24, 2.45) is 0 Å². The normalized spacial score (nSPS) is 12.3. The maximum absolute atomic E-state index is 6.29. The molecular formula is C14H18Cl2N2O. The average molecular weight is 301 g/mol. The predicted octanol–water partition coefficient (Wildman–Crippen LogP) is 4.24. The van der Waals surface area contributed by atoms with Crippen molar-refractivity contribution in [1.29, 1.82) is 0 Å². The van der Waals surface area contributed by atoms with Crippen molar-refractivity contribution >= 4 is 34.2 Å². The summed E-state index contributed by atoms with van der Waals surface area (Å²) in [5, 5.41) is 0.689. The first-order valence-electron chi connectivity index (χ1n) is 6.32. The fourth-order valence-corrected chi connectivity index (χ4v) is 2.75. The van der Waals surface area contributed by atoms with Gasteiger partial charge in [0.1, 0.15) is 5.82 Å². The molecule has 0 aliphatic rings. The molecule has 3 nitrogen and oxygen atoms in total. The van der Waals surface area contributed by atoms with Crippen LogP contribution in [0.1, 0.15) is 26.6 Å². The van der Waals surface area contributed by atoms with E-state index in [1.807, 2.05) is 25.1 Å². The van der Waals surface area contributed by atoms with Crippen molar-refractivity contribution in [3.63, 3.8) is 0 Å². The smallest absolute Gasteiger partial charge is 0.124 e. The number of para-hydroxylation sites is 1. The number of fused-ring (bicyclic) bond motifs is 1. The summed E-state index contributed by atoms with van der Waals surface area (Å²) in [5.41, 5.74) is 1.51. The van der Waals surface area contributed by atoms with E-state index >= 15 is 0 Å². The Morgan fingerprint density at radius 3 is 2.74 bits per heavy atom. The third-order valence-electron chi connectivity index (χ3n) is 2.99. The molecule has 0 unspecified atom stereocenters. The van der Waals surface area contributed by atoms with Crippen LogP contribution in [0.15, 0.2) is 18.2 Å².